The van der Waals surface area contributed by atoms with E-state index in [1.807, 2.05) is 0 Å². The Labute approximate surface area is 168 Å². The Kier molecular flexibility index (Phi) is 5.37. The molecule has 1 atom stereocenters. The molecule has 1 aromatic carbocycles. The van der Waals surface area contributed by atoms with Crippen molar-refractivity contribution in [1.82, 2.24) is 9.13 Å². The number of ether oxygens (including phenoxy) is 2. The molecule has 0 bridgehead atoms. The minimum Gasteiger partial charge on any atom is -0.497 e. The molecule has 2 heterocycles. The highest BCUT2D eigenvalue weighted by molar-refractivity contribution is 5.94. The van der Waals surface area contributed by atoms with E-state index in [0.29, 0.717) is 28.4 Å². The number of allylic oxidation sites excluding steroid dienone is 1. The van der Waals surface area contributed by atoms with Crippen LogP contribution in [0.1, 0.15) is 37.8 Å². The molecule has 0 saturated heterocycles. The molecule has 1 aliphatic rings. The molecule has 0 saturated carbocycles. The van der Waals surface area contributed by atoms with Gasteiger partial charge in [0, 0.05) is 19.8 Å². The van der Waals surface area contributed by atoms with Crippen molar-refractivity contribution in [2.24, 2.45) is 14.1 Å². The summed E-state index contributed by atoms with van der Waals surface area (Å²) in [6.07, 6.45) is -0.316. The topological polar surface area (TPSA) is 91.6 Å². The molecule has 154 valence electrons. The fourth-order valence-electron chi connectivity index (χ4n) is 3.57. The van der Waals surface area contributed by atoms with Crippen LogP contribution in [0.2, 0.25) is 0 Å². The molecule has 2 aromatic rings. The lowest BCUT2D eigenvalue weighted by Crippen LogP contribution is -2.43. The van der Waals surface area contributed by atoms with Gasteiger partial charge in [0.1, 0.15) is 11.6 Å². The van der Waals surface area contributed by atoms with Gasteiger partial charge >= 0.3 is 11.7 Å². The van der Waals surface area contributed by atoms with E-state index in [4.69, 9.17) is 9.47 Å². The number of hydrogen-bond acceptors (Lipinski definition) is 6. The molecule has 0 amide bonds. The quantitative estimate of drug-likeness (QED) is 0.790. The van der Waals surface area contributed by atoms with Crippen molar-refractivity contribution in [1.29, 1.82) is 0 Å². The molecule has 1 unspecified atom stereocenters. The Balaban J connectivity index is 2.33. The second kappa shape index (κ2) is 7.62. The smallest absolute Gasteiger partial charge is 0.337 e. The maximum atomic E-state index is 13.1. The predicted molar refractivity (Wildman–Crippen MR) is 109 cm³/mol. The van der Waals surface area contributed by atoms with Gasteiger partial charge in [0.05, 0.1) is 30.3 Å². The maximum Gasteiger partial charge on any atom is 0.337 e. The number of esters is 1. The van der Waals surface area contributed by atoms with E-state index < -0.39 is 23.1 Å². The number of rotatable bonds is 4. The Bertz CT molecular complexity index is 1110. The lowest BCUT2D eigenvalue weighted by atomic mass is 9.82. The molecule has 0 fully saturated rings. The summed E-state index contributed by atoms with van der Waals surface area (Å²) in [4.78, 5) is 38.5. The number of aromatic nitrogens is 2. The van der Waals surface area contributed by atoms with Crippen LogP contribution in [-0.2, 0) is 23.6 Å². The lowest BCUT2D eigenvalue weighted by Gasteiger charge is -2.31. The van der Waals surface area contributed by atoms with Crippen LogP contribution in [0.15, 0.2) is 45.1 Å². The number of nitrogens with zero attached hydrogens (tertiary/aromatic N) is 2. The SMILES string of the molecule is COc1ccc(C2C(C(=O)OC(C)C)=C(C)Nc3c2c(=O)n(C)c(=O)n3C)cc1. The monoisotopic (exact) mass is 399 g/mol. The average Bonchev–Trinajstić information content (AvgIpc) is 2.69. The van der Waals surface area contributed by atoms with Gasteiger partial charge in [-0.15, -0.1) is 0 Å². The predicted octanol–water partition coefficient (Wildman–Crippen LogP) is 1.88. The summed E-state index contributed by atoms with van der Waals surface area (Å²) in [5.41, 5.74) is 1.01. The highest BCUT2D eigenvalue weighted by Gasteiger charge is 2.37. The lowest BCUT2D eigenvalue weighted by molar-refractivity contribution is -0.143. The van der Waals surface area contributed by atoms with Crippen LogP contribution in [0.25, 0.3) is 0 Å². The largest absolute Gasteiger partial charge is 0.497 e. The first-order chi connectivity index (χ1) is 13.7. The number of benzene rings is 1. The van der Waals surface area contributed by atoms with E-state index in [1.165, 1.54) is 11.6 Å². The number of methoxy groups -OCH3 is 1. The summed E-state index contributed by atoms with van der Waals surface area (Å²) < 4.78 is 13.1. The van der Waals surface area contributed by atoms with E-state index in [1.54, 1.807) is 59.2 Å². The summed E-state index contributed by atoms with van der Waals surface area (Å²) in [5.74, 6) is -0.165. The van der Waals surface area contributed by atoms with Gasteiger partial charge in [-0.3, -0.25) is 13.9 Å². The normalized spacial score (nSPS) is 15.8. The number of carbonyl (C=O) groups excluding carboxylic acids is 1. The van der Waals surface area contributed by atoms with Gasteiger partial charge in [0.25, 0.3) is 5.56 Å². The second-order valence-corrected chi connectivity index (χ2v) is 7.29. The number of nitrogens with one attached hydrogen (secondary N) is 1. The average molecular weight is 399 g/mol. The number of carbonyl (C=O) groups is 1. The molecule has 0 radical (unpaired) electrons. The fourth-order valence-corrected chi connectivity index (χ4v) is 3.57. The Hall–Kier alpha value is -3.29. The molecule has 3 rings (SSSR count). The Morgan fingerprint density at radius 1 is 1.10 bits per heavy atom. The highest BCUT2D eigenvalue weighted by Crippen LogP contribution is 2.40. The number of hydrogen-bond donors (Lipinski definition) is 1. The van der Waals surface area contributed by atoms with Gasteiger partial charge in [-0.2, -0.15) is 0 Å². The molecule has 0 spiro atoms. The first-order valence-electron chi connectivity index (χ1n) is 9.30. The van der Waals surface area contributed by atoms with Crippen LogP contribution in [0.4, 0.5) is 5.82 Å². The third kappa shape index (κ3) is 3.46. The molecule has 1 aliphatic heterocycles. The zero-order valence-corrected chi connectivity index (χ0v) is 17.4. The van der Waals surface area contributed by atoms with E-state index in [0.717, 1.165) is 10.1 Å². The maximum absolute atomic E-state index is 13.1. The molecule has 8 nitrogen and oxygen atoms in total. The van der Waals surface area contributed by atoms with Gasteiger partial charge in [-0.05, 0) is 38.5 Å². The van der Waals surface area contributed by atoms with Gasteiger partial charge in [0.15, 0.2) is 0 Å². The zero-order chi connectivity index (χ0) is 21.5. The minimum absolute atomic E-state index is 0.316. The molecule has 1 aromatic heterocycles. The molecule has 8 heteroatoms. The molecular weight excluding hydrogens is 374 g/mol. The Morgan fingerprint density at radius 2 is 1.72 bits per heavy atom. The van der Waals surface area contributed by atoms with Crippen LogP contribution >= 0.6 is 0 Å². The van der Waals surface area contributed by atoms with Crippen molar-refractivity contribution >= 4 is 11.8 Å². The van der Waals surface area contributed by atoms with E-state index in [-0.39, 0.29) is 6.10 Å². The van der Waals surface area contributed by atoms with Gasteiger partial charge < -0.3 is 14.8 Å². The van der Waals surface area contributed by atoms with Crippen LogP contribution in [0.5, 0.6) is 5.75 Å². The van der Waals surface area contributed by atoms with E-state index in [2.05, 4.69) is 5.32 Å². The van der Waals surface area contributed by atoms with Gasteiger partial charge in [-0.1, -0.05) is 12.1 Å². The summed E-state index contributed by atoms with van der Waals surface area (Å²) in [7, 11) is 4.58. The zero-order valence-electron chi connectivity index (χ0n) is 17.4. The van der Waals surface area contributed by atoms with E-state index >= 15 is 0 Å². The van der Waals surface area contributed by atoms with Crippen LogP contribution in [-0.4, -0.2) is 28.3 Å². The summed E-state index contributed by atoms with van der Waals surface area (Å²) in [6, 6.07) is 7.15. The third-order valence-corrected chi connectivity index (χ3v) is 5.00. The molecule has 29 heavy (non-hydrogen) atoms. The van der Waals surface area contributed by atoms with Crippen molar-refractivity contribution in [2.75, 3.05) is 12.4 Å². The molecular formula is C21H25N3O5. The van der Waals surface area contributed by atoms with Crippen LogP contribution < -0.4 is 21.3 Å². The van der Waals surface area contributed by atoms with Crippen molar-refractivity contribution in [3.63, 3.8) is 0 Å². The fraction of sp³-hybridized carbons (Fsp3) is 0.381. The summed E-state index contributed by atoms with van der Waals surface area (Å²) in [5, 5.41) is 3.07. The minimum atomic E-state index is -0.686. The summed E-state index contributed by atoms with van der Waals surface area (Å²) in [6.45, 7) is 5.27. The first kappa shape index (κ1) is 20.4. The summed E-state index contributed by atoms with van der Waals surface area (Å²) >= 11 is 0. The highest BCUT2D eigenvalue weighted by atomic mass is 16.5. The van der Waals surface area contributed by atoms with Gasteiger partial charge in [-0.25, -0.2) is 9.59 Å². The first-order valence-corrected chi connectivity index (χ1v) is 9.30. The van der Waals surface area contributed by atoms with E-state index in [9.17, 15) is 14.4 Å². The van der Waals surface area contributed by atoms with Gasteiger partial charge in [0.2, 0.25) is 0 Å². The third-order valence-electron chi connectivity index (χ3n) is 5.00. The second-order valence-electron chi connectivity index (χ2n) is 7.29. The molecule has 0 aliphatic carbocycles. The van der Waals surface area contributed by atoms with Crippen LogP contribution in [0.3, 0.4) is 0 Å². The van der Waals surface area contributed by atoms with Crippen LogP contribution in [0, 0.1) is 0 Å². The number of fused-ring (bicyclic) bond motifs is 1. The Morgan fingerprint density at radius 3 is 2.28 bits per heavy atom. The number of anilines is 1. The van der Waals surface area contributed by atoms with Crippen molar-refractivity contribution in [2.45, 2.75) is 32.8 Å². The molecule has 1 N–H and O–H groups in total. The van der Waals surface area contributed by atoms with Crippen molar-refractivity contribution < 1.29 is 14.3 Å². The standard InChI is InChI=1S/C21H25N3O5/c1-11(2)29-20(26)15-12(3)22-18-17(19(25)24(5)21(27)23(18)4)16(15)13-7-9-14(28-6)10-8-13/h7-11,16,22H,1-6H3. The van der Waals surface area contributed by atoms with Crippen molar-refractivity contribution in [3.8, 4) is 5.75 Å². The van der Waals surface area contributed by atoms with Crippen molar-refractivity contribution in [3.05, 3.63) is 67.5 Å².